The number of amides is 1. The molecule has 2 aliphatic rings. The summed E-state index contributed by atoms with van der Waals surface area (Å²) in [5.74, 6) is -0.452. The van der Waals surface area contributed by atoms with Crippen molar-refractivity contribution in [2.45, 2.75) is 42.1 Å². The van der Waals surface area contributed by atoms with Gasteiger partial charge in [-0.3, -0.25) is 4.79 Å². The van der Waals surface area contributed by atoms with Crippen molar-refractivity contribution in [3.8, 4) is 0 Å². The second kappa shape index (κ2) is 9.57. The Morgan fingerprint density at radius 2 is 1.79 bits per heavy atom. The summed E-state index contributed by atoms with van der Waals surface area (Å²) in [5.41, 5.74) is 3.62. The third-order valence-corrected chi connectivity index (χ3v) is 7.46. The van der Waals surface area contributed by atoms with Gasteiger partial charge in [0.05, 0.1) is 11.4 Å². The Hall–Kier alpha value is -2.83. The number of nitrogens with one attached hydrogen (secondary N) is 1. The maximum Gasteiger partial charge on any atom is 0.251 e. The largest absolute Gasteiger partial charge is 0.348 e. The van der Waals surface area contributed by atoms with Gasteiger partial charge in [0.25, 0.3) is 5.91 Å². The van der Waals surface area contributed by atoms with E-state index in [1.807, 2.05) is 24.3 Å². The Morgan fingerprint density at radius 1 is 1.00 bits per heavy atom. The van der Waals surface area contributed by atoms with Gasteiger partial charge in [-0.05, 0) is 80.9 Å². The highest BCUT2D eigenvalue weighted by molar-refractivity contribution is 7.99. The average Bonchev–Trinajstić information content (AvgIpc) is 3.33. The van der Waals surface area contributed by atoms with Crippen LogP contribution in [-0.2, 0) is 6.54 Å². The summed E-state index contributed by atoms with van der Waals surface area (Å²) < 4.78 is 13.5. The first-order valence-corrected chi connectivity index (χ1v) is 12.4. The van der Waals surface area contributed by atoms with Crippen LogP contribution in [0.15, 0.2) is 76.5 Å². The third-order valence-electron chi connectivity index (χ3n) is 6.33. The third kappa shape index (κ3) is 4.77. The zero-order valence-electron chi connectivity index (χ0n) is 18.8. The Morgan fingerprint density at radius 3 is 2.61 bits per heavy atom. The van der Waals surface area contributed by atoms with Crippen LogP contribution in [0.25, 0.3) is 0 Å². The van der Waals surface area contributed by atoms with Crippen LogP contribution < -0.4 is 10.2 Å². The molecule has 3 aromatic rings. The van der Waals surface area contributed by atoms with E-state index >= 15 is 0 Å². The van der Waals surface area contributed by atoms with Crippen molar-refractivity contribution < 1.29 is 9.18 Å². The fourth-order valence-electron chi connectivity index (χ4n) is 4.75. The van der Waals surface area contributed by atoms with E-state index in [9.17, 15) is 9.18 Å². The number of hydrogen-bond acceptors (Lipinski definition) is 4. The molecular formula is C27H28FN3OS. The highest BCUT2D eigenvalue weighted by atomic mass is 32.2. The molecule has 0 bridgehead atoms. The highest BCUT2D eigenvalue weighted by Crippen LogP contribution is 2.49. The van der Waals surface area contributed by atoms with E-state index in [0.717, 1.165) is 35.8 Å². The number of carbonyl (C=O) groups is 1. The lowest BCUT2D eigenvalue weighted by atomic mass is 10.1. The highest BCUT2D eigenvalue weighted by Gasteiger charge is 2.29. The van der Waals surface area contributed by atoms with Crippen LogP contribution in [0.1, 0.15) is 35.7 Å². The zero-order valence-corrected chi connectivity index (χ0v) is 19.6. The van der Waals surface area contributed by atoms with Gasteiger partial charge in [-0.25, -0.2) is 4.39 Å². The summed E-state index contributed by atoms with van der Waals surface area (Å²) in [6.45, 7) is 5.87. The minimum absolute atomic E-state index is 0.155. The van der Waals surface area contributed by atoms with Crippen LogP contribution >= 0.6 is 11.8 Å². The Balaban J connectivity index is 1.41. The predicted molar refractivity (Wildman–Crippen MR) is 132 cm³/mol. The molecule has 0 spiro atoms. The van der Waals surface area contributed by atoms with Gasteiger partial charge in [0.15, 0.2) is 0 Å². The van der Waals surface area contributed by atoms with Gasteiger partial charge in [-0.15, -0.1) is 0 Å². The molecular weight excluding hydrogens is 433 g/mol. The van der Waals surface area contributed by atoms with E-state index in [1.54, 1.807) is 17.8 Å². The molecule has 1 amide bonds. The van der Waals surface area contributed by atoms with E-state index in [4.69, 9.17) is 0 Å². The summed E-state index contributed by atoms with van der Waals surface area (Å²) in [4.78, 5) is 20.3. The molecule has 170 valence electrons. The molecule has 0 aromatic heterocycles. The minimum atomic E-state index is -0.297. The molecule has 1 saturated heterocycles. The number of nitrogens with zero attached hydrogens (tertiary/aromatic N) is 2. The number of para-hydroxylation sites is 1. The second-order valence-electron chi connectivity index (χ2n) is 8.79. The second-order valence-corrected chi connectivity index (χ2v) is 9.88. The molecule has 5 rings (SSSR count). The van der Waals surface area contributed by atoms with Crippen molar-refractivity contribution in [2.75, 3.05) is 24.5 Å². The lowest BCUT2D eigenvalue weighted by molar-refractivity contribution is 0.0951. The molecule has 3 aromatic carbocycles. The van der Waals surface area contributed by atoms with E-state index in [0.29, 0.717) is 12.1 Å². The van der Waals surface area contributed by atoms with Gasteiger partial charge in [0.2, 0.25) is 0 Å². The summed E-state index contributed by atoms with van der Waals surface area (Å²) >= 11 is 1.75. The maximum atomic E-state index is 13.5. The number of anilines is 2. The quantitative estimate of drug-likeness (QED) is 0.500. The molecule has 1 atom stereocenters. The number of fused-ring (bicyclic) bond motifs is 2. The standard InChI is InChI=1S/C27H28FN3OS/c1-19(18-30-13-4-5-14-30)31-23-9-2-3-10-25(23)33-26-12-11-21(16-24(26)31)27(32)29-17-20-7-6-8-22(28)15-20/h2-3,6-12,15-16,19H,4-5,13-14,17-18H2,1H3,(H,29,32). The number of halogens is 1. The zero-order chi connectivity index (χ0) is 22.8. The Kier molecular flexibility index (Phi) is 6.38. The molecule has 0 saturated carbocycles. The van der Waals surface area contributed by atoms with Crippen LogP contribution in [0.4, 0.5) is 15.8 Å². The molecule has 1 unspecified atom stereocenters. The lowest BCUT2D eigenvalue weighted by Gasteiger charge is -2.39. The molecule has 2 aliphatic heterocycles. The van der Waals surface area contributed by atoms with E-state index < -0.39 is 0 Å². The number of hydrogen-bond donors (Lipinski definition) is 1. The molecule has 0 radical (unpaired) electrons. The van der Waals surface area contributed by atoms with E-state index in [2.05, 4.69) is 46.3 Å². The molecule has 4 nitrogen and oxygen atoms in total. The first-order chi connectivity index (χ1) is 16.1. The normalized spacial score (nSPS) is 16.2. The van der Waals surface area contributed by atoms with Crippen molar-refractivity contribution in [3.63, 3.8) is 0 Å². The first kappa shape index (κ1) is 22.0. The van der Waals surface area contributed by atoms with Crippen molar-refractivity contribution in [1.29, 1.82) is 0 Å². The number of rotatable bonds is 6. The topological polar surface area (TPSA) is 35.6 Å². The Labute approximate surface area is 198 Å². The van der Waals surface area contributed by atoms with Gasteiger partial charge >= 0.3 is 0 Å². The fraction of sp³-hybridized carbons (Fsp3) is 0.296. The Bertz CT molecular complexity index is 1160. The smallest absolute Gasteiger partial charge is 0.251 e. The molecule has 2 heterocycles. The fourth-order valence-corrected chi connectivity index (χ4v) is 5.80. The number of likely N-dealkylation sites (tertiary alicyclic amines) is 1. The maximum absolute atomic E-state index is 13.5. The van der Waals surface area contributed by atoms with Crippen molar-refractivity contribution in [1.82, 2.24) is 10.2 Å². The summed E-state index contributed by atoms with van der Waals surface area (Å²) in [6.07, 6.45) is 2.54. The SMILES string of the molecule is CC(CN1CCCC1)N1c2ccccc2Sc2ccc(C(=O)NCc3cccc(F)c3)cc21. The molecule has 1 N–H and O–H groups in total. The lowest BCUT2D eigenvalue weighted by Crippen LogP contribution is -2.40. The average molecular weight is 462 g/mol. The van der Waals surface area contributed by atoms with Crippen LogP contribution in [0, 0.1) is 5.82 Å². The number of benzene rings is 3. The van der Waals surface area contributed by atoms with Crippen LogP contribution in [0.3, 0.4) is 0 Å². The van der Waals surface area contributed by atoms with Gasteiger partial charge in [0, 0.05) is 34.5 Å². The van der Waals surface area contributed by atoms with E-state index in [-0.39, 0.29) is 17.8 Å². The predicted octanol–water partition coefficient (Wildman–Crippen LogP) is 5.84. The van der Waals surface area contributed by atoms with Crippen LogP contribution in [-0.4, -0.2) is 36.5 Å². The van der Waals surface area contributed by atoms with Gasteiger partial charge in [-0.1, -0.05) is 36.0 Å². The first-order valence-electron chi connectivity index (χ1n) is 11.5. The van der Waals surface area contributed by atoms with Crippen LogP contribution in [0.5, 0.6) is 0 Å². The molecule has 33 heavy (non-hydrogen) atoms. The van der Waals surface area contributed by atoms with E-state index in [1.165, 1.54) is 35.6 Å². The monoisotopic (exact) mass is 461 g/mol. The van der Waals surface area contributed by atoms with Crippen LogP contribution in [0.2, 0.25) is 0 Å². The van der Waals surface area contributed by atoms with Crippen molar-refractivity contribution >= 4 is 29.0 Å². The van der Waals surface area contributed by atoms with Crippen molar-refractivity contribution in [2.24, 2.45) is 0 Å². The molecule has 0 aliphatic carbocycles. The van der Waals surface area contributed by atoms with Gasteiger partial charge < -0.3 is 15.1 Å². The van der Waals surface area contributed by atoms with Crippen molar-refractivity contribution in [3.05, 3.63) is 83.7 Å². The van der Waals surface area contributed by atoms with Gasteiger partial charge in [0.1, 0.15) is 5.82 Å². The molecule has 1 fully saturated rings. The minimum Gasteiger partial charge on any atom is -0.348 e. The summed E-state index contributed by atoms with van der Waals surface area (Å²) in [5, 5.41) is 2.93. The summed E-state index contributed by atoms with van der Waals surface area (Å²) in [7, 11) is 0. The number of carbonyl (C=O) groups excluding carboxylic acids is 1. The summed E-state index contributed by atoms with van der Waals surface area (Å²) in [6, 6.07) is 21.0. The molecule has 6 heteroatoms. The van der Waals surface area contributed by atoms with Gasteiger partial charge in [-0.2, -0.15) is 0 Å².